The zero-order valence-electron chi connectivity index (χ0n) is 15.5. The van der Waals surface area contributed by atoms with E-state index in [1.54, 1.807) is 17.0 Å². The molecule has 1 aromatic carbocycles. The first kappa shape index (κ1) is 19.6. The molecule has 3 amide bonds. The number of carbonyl (C=O) groups is 2. The highest BCUT2D eigenvalue weighted by molar-refractivity contribution is 7.18. The Hall–Kier alpha value is -2.19. The number of aromatic nitrogens is 2. The molecule has 2 aromatic rings. The molecule has 9 heteroatoms. The molecule has 0 radical (unpaired) electrons. The van der Waals surface area contributed by atoms with Crippen LogP contribution in [0.25, 0.3) is 10.6 Å². The van der Waals surface area contributed by atoms with Crippen LogP contribution in [0.2, 0.25) is 5.02 Å². The van der Waals surface area contributed by atoms with Crippen molar-refractivity contribution in [1.82, 2.24) is 20.4 Å². The van der Waals surface area contributed by atoms with E-state index in [-0.39, 0.29) is 17.5 Å². The molecule has 0 bridgehead atoms. The van der Waals surface area contributed by atoms with Crippen molar-refractivity contribution in [2.45, 2.75) is 45.2 Å². The maximum absolute atomic E-state index is 12.7. The Morgan fingerprint density at radius 3 is 2.59 bits per heavy atom. The quantitative estimate of drug-likeness (QED) is 0.810. The van der Waals surface area contributed by atoms with Crippen molar-refractivity contribution in [3.05, 3.63) is 29.3 Å². The molecule has 0 spiro atoms. The number of hydrogen-bond donors (Lipinski definition) is 2. The average Bonchev–Trinajstić information content (AvgIpc) is 3.23. The molecule has 27 heavy (non-hydrogen) atoms. The number of carbonyl (C=O) groups excluding carboxylic acids is 2. The van der Waals surface area contributed by atoms with Crippen LogP contribution in [-0.4, -0.2) is 45.2 Å². The highest BCUT2D eigenvalue weighted by Crippen LogP contribution is 2.28. The van der Waals surface area contributed by atoms with E-state index < -0.39 is 6.04 Å². The molecule has 2 N–H and O–H groups in total. The Morgan fingerprint density at radius 2 is 1.93 bits per heavy atom. The third-order valence-corrected chi connectivity index (χ3v) is 5.18. The van der Waals surface area contributed by atoms with Crippen LogP contribution in [0.4, 0.5) is 9.93 Å². The third kappa shape index (κ3) is 4.95. The molecule has 1 saturated heterocycles. The van der Waals surface area contributed by atoms with Crippen LogP contribution < -0.4 is 10.6 Å². The van der Waals surface area contributed by atoms with Gasteiger partial charge in [0.05, 0.1) is 0 Å². The molecular weight excluding hydrogens is 386 g/mol. The van der Waals surface area contributed by atoms with Crippen molar-refractivity contribution in [1.29, 1.82) is 0 Å². The summed E-state index contributed by atoms with van der Waals surface area (Å²) in [5.41, 5.74) is 0.525. The number of nitrogens with zero attached hydrogens (tertiary/aromatic N) is 3. The highest BCUT2D eigenvalue weighted by Gasteiger charge is 2.35. The predicted molar refractivity (Wildman–Crippen MR) is 107 cm³/mol. The lowest BCUT2D eigenvalue weighted by Gasteiger charge is -2.28. The summed E-state index contributed by atoms with van der Waals surface area (Å²) in [5.74, 6) is -0.240. The van der Waals surface area contributed by atoms with Gasteiger partial charge in [0, 0.05) is 22.7 Å². The highest BCUT2D eigenvalue weighted by atomic mass is 35.5. The van der Waals surface area contributed by atoms with Gasteiger partial charge in [0.15, 0.2) is 0 Å². The summed E-state index contributed by atoms with van der Waals surface area (Å²) >= 11 is 7.18. The van der Waals surface area contributed by atoms with E-state index in [1.165, 1.54) is 11.3 Å². The number of amides is 3. The first-order chi connectivity index (χ1) is 12.7. The van der Waals surface area contributed by atoms with Crippen LogP contribution in [-0.2, 0) is 4.79 Å². The van der Waals surface area contributed by atoms with E-state index in [0.29, 0.717) is 28.1 Å². The van der Waals surface area contributed by atoms with Gasteiger partial charge in [-0.2, -0.15) is 0 Å². The van der Waals surface area contributed by atoms with E-state index >= 15 is 0 Å². The second-order valence-electron chi connectivity index (χ2n) is 7.44. The normalized spacial score (nSPS) is 17.0. The maximum Gasteiger partial charge on any atom is 0.318 e. The number of likely N-dealkylation sites (tertiary alicyclic amines) is 1. The number of nitrogens with one attached hydrogen (secondary N) is 2. The monoisotopic (exact) mass is 407 g/mol. The summed E-state index contributed by atoms with van der Waals surface area (Å²) in [6.45, 7) is 6.30. The minimum absolute atomic E-state index is 0.223. The van der Waals surface area contributed by atoms with Crippen molar-refractivity contribution in [2.75, 3.05) is 11.9 Å². The van der Waals surface area contributed by atoms with Crippen LogP contribution in [0.1, 0.15) is 33.6 Å². The standard InChI is InChI=1S/C18H22ClN5O2S/c1-18(2,3)21-17(26)24-10-4-5-13(24)14(25)20-16-23-22-15(27-16)11-6-8-12(19)9-7-11/h6-9,13H,4-5,10H2,1-3H3,(H,21,26)(H,20,23,25). The van der Waals surface area contributed by atoms with E-state index in [4.69, 9.17) is 11.6 Å². The number of anilines is 1. The molecule has 1 atom stereocenters. The summed E-state index contributed by atoms with van der Waals surface area (Å²) in [6.07, 6.45) is 1.42. The largest absolute Gasteiger partial charge is 0.333 e. The van der Waals surface area contributed by atoms with Gasteiger partial charge in [-0.25, -0.2) is 4.79 Å². The molecule has 2 heterocycles. The van der Waals surface area contributed by atoms with Gasteiger partial charge >= 0.3 is 6.03 Å². The van der Waals surface area contributed by atoms with E-state index in [1.807, 2.05) is 32.9 Å². The van der Waals surface area contributed by atoms with Crippen molar-refractivity contribution in [3.63, 3.8) is 0 Å². The van der Waals surface area contributed by atoms with Crippen LogP contribution in [0, 0.1) is 0 Å². The maximum atomic E-state index is 12.7. The lowest BCUT2D eigenvalue weighted by Crippen LogP contribution is -2.52. The fourth-order valence-corrected chi connectivity index (χ4v) is 3.72. The summed E-state index contributed by atoms with van der Waals surface area (Å²) in [7, 11) is 0. The summed E-state index contributed by atoms with van der Waals surface area (Å²) < 4.78 is 0. The Morgan fingerprint density at radius 1 is 1.22 bits per heavy atom. The second-order valence-corrected chi connectivity index (χ2v) is 8.85. The minimum atomic E-state index is -0.504. The number of benzene rings is 1. The first-order valence-electron chi connectivity index (χ1n) is 8.72. The molecule has 1 aliphatic rings. The molecule has 1 aliphatic heterocycles. The van der Waals surface area contributed by atoms with Gasteiger partial charge in [-0.15, -0.1) is 10.2 Å². The lowest BCUT2D eigenvalue weighted by molar-refractivity contribution is -0.119. The zero-order valence-corrected chi connectivity index (χ0v) is 17.0. The Labute approximate surface area is 167 Å². The number of rotatable bonds is 3. The van der Waals surface area contributed by atoms with Crippen molar-refractivity contribution in [3.8, 4) is 10.6 Å². The number of hydrogen-bond acceptors (Lipinski definition) is 5. The predicted octanol–water partition coefficient (Wildman–Crippen LogP) is 3.77. The first-order valence-corrected chi connectivity index (χ1v) is 9.91. The van der Waals surface area contributed by atoms with Gasteiger partial charge in [0.2, 0.25) is 11.0 Å². The van der Waals surface area contributed by atoms with Gasteiger partial charge < -0.3 is 10.2 Å². The van der Waals surface area contributed by atoms with Gasteiger partial charge in [-0.3, -0.25) is 10.1 Å². The fraction of sp³-hybridized carbons (Fsp3) is 0.444. The van der Waals surface area contributed by atoms with Crippen molar-refractivity contribution >= 4 is 40.0 Å². The topological polar surface area (TPSA) is 87.2 Å². The smallest absolute Gasteiger partial charge is 0.318 e. The molecule has 1 unspecified atom stereocenters. The minimum Gasteiger partial charge on any atom is -0.333 e. The van der Waals surface area contributed by atoms with Gasteiger partial charge in [-0.05, 0) is 45.7 Å². The lowest BCUT2D eigenvalue weighted by atomic mass is 10.1. The van der Waals surface area contributed by atoms with Crippen LogP contribution >= 0.6 is 22.9 Å². The second kappa shape index (κ2) is 7.82. The Kier molecular flexibility index (Phi) is 5.67. The average molecular weight is 408 g/mol. The summed E-state index contributed by atoms with van der Waals surface area (Å²) in [5, 5.41) is 15.6. The SMILES string of the molecule is CC(C)(C)NC(=O)N1CCCC1C(=O)Nc1nnc(-c2ccc(Cl)cc2)s1. The van der Waals surface area contributed by atoms with Gasteiger partial charge in [0.25, 0.3) is 0 Å². The van der Waals surface area contributed by atoms with Gasteiger partial charge in [-0.1, -0.05) is 35.1 Å². The molecule has 0 saturated carbocycles. The Balaban J connectivity index is 1.66. The molecule has 1 fully saturated rings. The molecule has 0 aliphatic carbocycles. The van der Waals surface area contributed by atoms with Crippen molar-refractivity contribution in [2.24, 2.45) is 0 Å². The molecule has 3 rings (SSSR count). The summed E-state index contributed by atoms with van der Waals surface area (Å²) in [6, 6.07) is 6.53. The fourth-order valence-electron chi connectivity index (χ4n) is 2.85. The van der Waals surface area contributed by atoms with E-state index in [9.17, 15) is 9.59 Å². The van der Waals surface area contributed by atoms with E-state index in [0.717, 1.165) is 12.0 Å². The number of halogens is 1. The van der Waals surface area contributed by atoms with Crippen LogP contribution in [0.5, 0.6) is 0 Å². The molecule has 7 nitrogen and oxygen atoms in total. The number of urea groups is 1. The van der Waals surface area contributed by atoms with Crippen molar-refractivity contribution < 1.29 is 9.59 Å². The van der Waals surface area contributed by atoms with Gasteiger partial charge in [0.1, 0.15) is 11.0 Å². The van der Waals surface area contributed by atoms with Crippen LogP contribution in [0.15, 0.2) is 24.3 Å². The zero-order chi connectivity index (χ0) is 19.6. The molecule has 144 valence electrons. The molecular formula is C18H22ClN5O2S. The van der Waals surface area contributed by atoms with E-state index in [2.05, 4.69) is 20.8 Å². The third-order valence-electron chi connectivity index (χ3n) is 4.04. The Bertz CT molecular complexity index is 831. The van der Waals surface area contributed by atoms with Crippen LogP contribution in [0.3, 0.4) is 0 Å². The summed E-state index contributed by atoms with van der Waals surface area (Å²) in [4.78, 5) is 26.7. The molecule has 1 aromatic heterocycles.